The summed E-state index contributed by atoms with van der Waals surface area (Å²) in [6, 6.07) is 2.76. The van der Waals surface area contributed by atoms with Gasteiger partial charge in [0, 0.05) is 31.9 Å². The van der Waals surface area contributed by atoms with Gasteiger partial charge in [0.1, 0.15) is 5.69 Å². The van der Waals surface area contributed by atoms with Crippen LogP contribution in [0, 0.1) is 0 Å². The lowest BCUT2D eigenvalue weighted by molar-refractivity contribution is 0.0770. The maximum absolute atomic E-state index is 12.7. The van der Waals surface area contributed by atoms with Crippen molar-refractivity contribution < 1.29 is 4.79 Å². The third-order valence-electron chi connectivity index (χ3n) is 5.25. The Hall–Kier alpha value is -1.11. The van der Waals surface area contributed by atoms with E-state index in [0.717, 1.165) is 52.1 Å². The summed E-state index contributed by atoms with van der Waals surface area (Å²) in [6.45, 7) is 10.2. The van der Waals surface area contributed by atoms with E-state index in [-0.39, 0.29) is 18.3 Å². The van der Waals surface area contributed by atoms with Crippen LogP contribution in [-0.4, -0.2) is 70.8 Å². The molecule has 1 amide bonds. The number of carbonyl (C=O) groups is 1. The highest BCUT2D eigenvalue weighted by Crippen LogP contribution is 2.19. The average molecular weight is 356 g/mol. The number of hydrogen-bond acceptors (Lipinski definition) is 4. The number of halogens is 1. The molecule has 24 heavy (non-hydrogen) atoms. The summed E-state index contributed by atoms with van der Waals surface area (Å²) in [5.74, 6) is 0.0853. The van der Waals surface area contributed by atoms with E-state index in [9.17, 15) is 4.79 Å². The lowest BCUT2D eigenvalue weighted by Gasteiger charge is -2.26. The molecule has 1 aromatic heterocycles. The van der Waals surface area contributed by atoms with Crippen molar-refractivity contribution in [2.24, 2.45) is 0 Å². The van der Waals surface area contributed by atoms with Crippen molar-refractivity contribution in [3.63, 3.8) is 0 Å². The monoisotopic (exact) mass is 355 g/mol. The van der Waals surface area contributed by atoms with Crippen LogP contribution in [0.15, 0.2) is 12.3 Å². The van der Waals surface area contributed by atoms with Gasteiger partial charge < -0.3 is 10.2 Å². The van der Waals surface area contributed by atoms with Crippen molar-refractivity contribution in [2.45, 2.75) is 45.2 Å². The molecule has 0 aliphatic carbocycles. The van der Waals surface area contributed by atoms with Crippen molar-refractivity contribution >= 4 is 18.3 Å². The van der Waals surface area contributed by atoms with E-state index in [1.807, 2.05) is 21.8 Å². The van der Waals surface area contributed by atoms with Gasteiger partial charge in [-0.25, -0.2) is 0 Å². The predicted molar refractivity (Wildman–Crippen MR) is 97.8 cm³/mol. The number of likely N-dealkylation sites (N-methyl/N-ethyl adjacent to an activating group) is 1. The third kappa shape index (κ3) is 4.10. The van der Waals surface area contributed by atoms with Gasteiger partial charge >= 0.3 is 0 Å². The minimum Gasteiger partial charge on any atom is -0.336 e. The average Bonchev–Trinajstić information content (AvgIpc) is 3.26. The molecule has 2 aliphatic rings. The fraction of sp³-hybridized carbons (Fsp3) is 0.765. The largest absolute Gasteiger partial charge is 0.336 e. The molecule has 6 nitrogen and oxygen atoms in total. The molecule has 2 fully saturated rings. The minimum absolute atomic E-state index is 0. The summed E-state index contributed by atoms with van der Waals surface area (Å²) in [5.41, 5.74) is 0.593. The molecule has 2 atom stereocenters. The first-order valence-electron chi connectivity index (χ1n) is 9.02. The summed E-state index contributed by atoms with van der Waals surface area (Å²) in [5, 5.41) is 7.96. The molecule has 7 heteroatoms. The van der Waals surface area contributed by atoms with E-state index >= 15 is 0 Å². The molecule has 0 aromatic carbocycles. The summed E-state index contributed by atoms with van der Waals surface area (Å²) in [7, 11) is 0. The topological polar surface area (TPSA) is 53.4 Å². The number of amides is 1. The Morgan fingerprint density at radius 2 is 2.17 bits per heavy atom. The van der Waals surface area contributed by atoms with Gasteiger partial charge in [0.15, 0.2) is 0 Å². The van der Waals surface area contributed by atoms with Gasteiger partial charge in [0.2, 0.25) is 0 Å². The van der Waals surface area contributed by atoms with Crippen molar-refractivity contribution in [1.82, 2.24) is 24.9 Å². The normalized spacial score (nSPS) is 24.2. The highest BCUT2D eigenvalue weighted by Gasteiger charge is 2.30. The van der Waals surface area contributed by atoms with Crippen molar-refractivity contribution in [3.8, 4) is 0 Å². The van der Waals surface area contributed by atoms with Crippen LogP contribution in [0.2, 0.25) is 0 Å². The Balaban J connectivity index is 0.00000208. The second-order valence-electron chi connectivity index (χ2n) is 6.60. The van der Waals surface area contributed by atoms with Crippen LogP contribution in [0.3, 0.4) is 0 Å². The molecule has 0 radical (unpaired) electrons. The van der Waals surface area contributed by atoms with Crippen LogP contribution in [0.1, 0.15) is 49.6 Å². The number of rotatable bonds is 5. The second kappa shape index (κ2) is 8.83. The fourth-order valence-electron chi connectivity index (χ4n) is 3.84. The molecular formula is C17H30ClN5O. The Morgan fingerprint density at radius 3 is 2.83 bits per heavy atom. The lowest BCUT2D eigenvalue weighted by Crippen LogP contribution is -2.38. The second-order valence-corrected chi connectivity index (χ2v) is 6.60. The zero-order valence-corrected chi connectivity index (χ0v) is 15.6. The molecule has 3 rings (SSSR count). The molecule has 2 saturated heterocycles. The predicted octanol–water partition coefficient (Wildman–Crippen LogP) is 1.79. The number of carbonyl (C=O) groups excluding carboxylic acids is 1. The van der Waals surface area contributed by atoms with Crippen molar-refractivity contribution in [1.29, 1.82) is 0 Å². The van der Waals surface area contributed by atoms with E-state index < -0.39 is 0 Å². The quantitative estimate of drug-likeness (QED) is 0.874. The van der Waals surface area contributed by atoms with E-state index in [0.29, 0.717) is 17.8 Å². The first-order valence-corrected chi connectivity index (χ1v) is 9.02. The SMILES string of the molecule is CCN(CC)C1CCN(C(=O)c2ccn(C3CCCNC3)n2)C1.Cl. The number of aromatic nitrogens is 2. The van der Waals surface area contributed by atoms with Crippen LogP contribution in [-0.2, 0) is 0 Å². The summed E-state index contributed by atoms with van der Waals surface area (Å²) in [6.07, 6.45) is 5.34. The maximum Gasteiger partial charge on any atom is 0.274 e. The van der Waals surface area contributed by atoms with E-state index in [1.165, 1.54) is 6.42 Å². The molecule has 136 valence electrons. The van der Waals surface area contributed by atoms with Gasteiger partial charge in [-0.2, -0.15) is 5.10 Å². The molecule has 2 unspecified atom stereocenters. The first-order chi connectivity index (χ1) is 11.2. The highest BCUT2D eigenvalue weighted by atomic mass is 35.5. The van der Waals surface area contributed by atoms with E-state index in [4.69, 9.17) is 0 Å². The van der Waals surface area contributed by atoms with E-state index in [2.05, 4.69) is 29.2 Å². The van der Waals surface area contributed by atoms with Crippen LogP contribution < -0.4 is 5.32 Å². The van der Waals surface area contributed by atoms with Gasteiger partial charge in [-0.1, -0.05) is 13.8 Å². The Kier molecular flexibility index (Phi) is 7.07. The zero-order valence-electron chi connectivity index (χ0n) is 14.8. The van der Waals surface area contributed by atoms with Crippen molar-refractivity contribution in [3.05, 3.63) is 18.0 Å². The Labute approximate surface area is 151 Å². The number of nitrogens with zero attached hydrogens (tertiary/aromatic N) is 4. The number of likely N-dealkylation sites (tertiary alicyclic amines) is 1. The van der Waals surface area contributed by atoms with Crippen LogP contribution in [0.4, 0.5) is 0 Å². The Morgan fingerprint density at radius 1 is 1.38 bits per heavy atom. The third-order valence-corrected chi connectivity index (χ3v) is 5.25. The summed E-state index contributed by atoms with van der Waals surface area (Å²) in [4.78, 5) is 17.1. The van der Waals surface area contributed by atoms with Gasteiger partial charge in [-0.05, 0) is 45.0 Å². The zero-order chi connectivity index (χ0) is 16.2. The molecule has 0 saturated carbocycles. The molecule has 0 bridgehead atoms. The van der Waals surface area contributed by atoms with Gasteiger partial charge in [0.25, 0.3) is 5.91 Å². The molecule has 1 aromatic rings. The van der Waals surface area contributed by atoms with Crippen LogP contribution in [0.5, 0.6) is 0 Å². The van der Waals surface area contributed by atoms with Crippen LogP contribution >= 0.6 is 12.4 Å². The summed E-state index contributed by atoms with van der Waals surface area (Å²) < 4.78 is 1.97. The number of hydrogen-bond donors (Lipinski definition) is 1. The van der Waals surface area contributed by atoms with Crippen LogP contribution in [0.25, 0.3) is 0 Å². The number of nitrogens with one attached hydrogen (secondary N) is 1. The van der Waals surface area contributed by atoms with Gasteiger partial charge in [-0.15, -0.1) is 12.4 Å². The molecule has 2 aliphatic heterocycles. The standard InChI is InChI=1S/C17H29N5O.ClH/c1-3-20(4-2)15-7-10-21(13-15)17(23)16-8-11-22(19-16)14-6-5-9-18-12-14;/h8,11,14-15,18H,3-7,9-10,12-13H2,1-2H3;1H. The van der Waals surface area contributed by atoms with E-state index in [1.54, 1.807) is 0 Å². The first kappa shape index (κ1) is 19.2. The smallest absolute Gasteiger partial charge is 0.274 e. The minimum atomic E-state index is 0. The molecular weight excluding hydrogens is 326 g/mol. The molecule has 1 N–H and O–H groups in total. The molecule has 0 spiro atoms. The summed E-state index contributed by atoms with van der Waals surface area (Å²) >= 11 is 0. The lowest BCUT2D eigenvalue weighted by atomic mass is 10.1. The fourth-order valence-corrected chi connectivity index (χ4v) is 3.84. The highest BCUT2D eigenvalue weighted by molar-refractivity contribution is 5.92. The van der Waals surface area contributed by atoms with Gasteiger partial charge in [-0.3, -0.25) is 14.4 Å². The Bertz CT molecular complexity index is 525. The molecule has 3 heterocycles. The maximum atomic E-state index is 12.7. The number of piperidine rings is 1. The van der Waals surface area contributed by atoms with Gasteiger partial charge in [0.05, 0.1) is 6.04 Å². The van der Waals surface area contributed by atoms with Crippen molar-refractivity contribution in [2.75, 3.05) is 39.3 Å².